The van der Waals surface area contributed by atoms with E-state index < -0.39 is 0 Å². The highest BCUT2D eigenvalue weighted by molar-refractivity contribution is 9.10. The average molecular weight is 342 g/mol. The van der Waals surface area contributed by atoms with Crippen LogP contribution in [0.15, 0.2) is 22.7 Å². The van der Waals surface area contributed by atoms with Gasteiger partial charge in [-0.15, -0.1) is 11.6 Å². The Morgan fingerprint density at radius 3 is 2.84 bits per heavy atom. The van der Waals surface area contributed by atoms with Gasteiger partial charge in [-0.1, -0.05) is 22.9 Å². The normalized spacial score (nSPS) is 17.0. The van der Waals surface area contributed by atoms with E-state index in [2.05, 4.69) is 45.6 Å². The van der Waals surface area contributed by atoms with Crippen molar-refractivity contribution in [2.24, 2.45) is 5.41 Å². The Bertz CT molecular complexity index is 601. The van der Waals surface area contributed by atoms with Crippen molar-refractivity contribution in [3.63, 3.8) is 0 Å². The third-order valence-electron chi connectivity index (χ3n) is 4.31. The molecule has 0 radical (unpaired) electrons. The lowest BCUT2D eigenvalue weighted by molar-refractivity contribution is 0.408. The van der Waals surface area contributed by atoms with Crippen LogP contribution in [-0.2, 0) is 13.0 Å². The van der Waals surface area contributed by atoms with Crippen LogP contribution in [-0.4, -0.2) is 15.4 Å². The standard InChI is InChI=1S/C15H18BrClN2/c1-2-15(6-7-15)10-19-13-9-11(16)3-4-12(13)18-14(19)5-8-17/h3-4,9H,2,5-8,10H2,1H3. The van der Waals surface area contributed by atoms with E-state index in [0.29, 0.717) is 11.3 Å². The van der Waals surface area contributed by atoms with Gasteiger partial charge in [0.15, 0.2) is 0 Å². The SMILES string of the molecule is CCC1(Cn2c(CCCl)nc3ccc(Br)cc32)CC1. The van der Waals surface area contributed by atoms with E-state index in [9.17, 15) is 0 Å². The second kappa shape index (κ2) is 5.10. The summed E-state index contributed by atoms with van der Waals surface area (Å²) >= 11 is 9.49. The number of hydrogen-bond donors (Lipinski definition) is 0. The van der Waals surface area contributed by atoms with E-state index in [0.717, 1.165) is 28.8 Å². The molecule has 0 N–H and O–H groups in total. The molecule has 102 valence electrons. The molecule has 1 aliphatic carbocycles. The number of benzene rings is 1. The van der Waals surface area contributed by atoms with Gasteiger partial charge in [-0.3, -0.25) is 0 Å². The van der Waals surface area contributed by atoms with Gasteiger partial charge in [0.2, 0.25) is 0 Å². The summed E-state index contributed by atoms with van der Waals surface area (Å²) < 4.78 is 3.50. The van der Waals surface area contributed by atoms with Crippen molar-refractivity contribution in [2.45, 2.75) is 39.2 Å². The maximum absolute atomic E-state index is 5.93. The zero-order valence-electron chi connectivity index (χ0n) is 11.1. The molecule has 0 unspecified atom stereocenters. The Labute approximate surface area is 127 Å². The lowest BCUT2D eigenvalue weighted by Crippen LogP contribution is -2.13. The van der Waals surface area contributed by atoms with Crippen molar-refractivity contribution >= 4 is 38.6 Å². The topological polar surface area (TPSA) is 17.8 Å². The number of nitrogens with zero attached hydrogens (tertiary/aromatic N) is 2. The van der Waals surface area contributed by atoms with Crippen molar-refractivity contribution in [2.75, 3.05) is 5.88 Å². The Kier molecular flexibility index (Phi) is 3.61. The van der Waals surface area contributed by atoms with E-state index in [1.54, 1.807) is 0 Å². The molecular weight excluding hydrogens is 324 g/mol. The molecule has 4 heteroatoms. The minimum atomic E-state index is 0.511. The molecule has 1 aromatic carbocycles. The molecule has 0 bridgehead atoms. The molecule has 19 heavy (non-hydrogen) atoms. The molecule has 0 saturated heterocycles. The monoisotopic (exact) mass is 340 g/mol. The third kappa shape index (κ3) is 2.55. The molecule has 1 fully saturated rings. The number of aromatic nitrogens is 2. The maximum atomic E-state index is 5.93. The van der Waals surface area contributed by atoms with E-state index in [-0.39, 0.29) is 0 Å². The lowest BCUT2D eigenvalue weighted by atomic mass is 10.0. The molecule has 2 nitrogen and oxygen atoms in total. The molecule has 0 aliphatic heterocycles. The first kappa shape index (κ1) is 13.4. The summed E-state index contributed by atoms with van der Waals surface area (Å²) in [6, 6.07) is 6.31. The number of rotatable bonds is 5. The Morgan fingerprint density at radius 2 is 2.21 bits per heavy atom. The second-order valence-corrected chi connectivity index (χ2v) is 6.83. The number of halogens is 2. The quantitative estimate of drug-likeness (QED) is 0.716. The van der Waals surface area contributed by atoms with Crippen LogP contribution in [0, 0.1) is 5.41 Å². The molecule has 0 atom stereocenters. The first-order valence-corrected chi connectivity index (χ1v) is 8.21. The third-order valence-corrected chi connectivity index (χ3v) is 4.99. The number of imidazole rings is 1. The summed E-state index contributed by atoms with van der Waals surface area (Å²) in [6.07, 6.45) is 4.78. The van der Waals surface area contributed by atoms with Gasteiger partial charge in [-0.05, 0) is 42.9 Å². The molecule has 3 rings (SSSR count). The first-order chi connectivity index (χ1) is 9.17. The zero-order chi connectivity index (χ0) is 13.5. The van der Waals surface area contributed by atoms with Crippen LogP contribution in [0.25, 0.3) is 11.0 Å². The number of hydrogen-bond acceptors (Lipinski definition) is 1. The predicted molar refractivity (Wildman–Crippen MR) is 83.8 cm³/mol. The Hall–Kier alpha value is -0.540. The Balaban J connectivity index is 2.07. The summed E-state index contributed by atoms with van der Waals surface area (Å²) in [5.41, 5.74) is 2.82. The van der Waals surface area contributed by atoms with Crippen LogP contribution < -0.4 is 0 Å². The van der Waals surface area contributed by atoms with Crippen LogP contribution in [0.3, 0.4) is 0 Å². The zero-order valence-corrected chi connectivity index (χ0v) is 13.5. The minimum absolute atomic E-state index is 0.511. The largest absolute Gasteiger partial charge is 0.327 e. The van der Waals surface area contributed by atoms with Crippen LogP contribution >= 0.6 is 27.5 Å². The Morgan fingerprint density at radius 1 is 1.42 bits per heavy atom. The smallest absolute Gasteiger partial charge is 0.111 e. The molecule has 1 aliphatic rings. The molecule has 0 spiro atoms. The van der Waals surface area contributed by atoms with Gasteiger partial charge in [0, 0.05) is 23.3 Å². The van der Waals surface area contributed by atoms with Gasteiger partial charge in [-0.2, -0.15) is 0 Å². The highest BCUT2D eigenvalue weighted by Crippen LogP contribution is 2.50. The van der Waals surface area contributed by atoms with Crippen LogP contribution in [0.2, 0.25) is 0 Å². The predicted octanol–water partition coefficient (Wildman–Crippen LogP) is 4.77. The van der Waals surface area contributed by atoms with Crippen molar-refractivity contribution in [1.82, 2.24) is 9.55 Å². The van der Waals surface area contributed by atoms with E-state index >= 15 is 0 Å². The highest BCUT2D eigenvalue weighted by atomic mass is 79.9. The molecular formula is C15H18BrClN2. The summed E-state index contributed by atoms with van der Waals surface area (Å²) in [5, 5.41) is 0. The fourth-order valence-electron chi connectivity index (χ4n) is 2.73. The second-order valence-electron chi connectivity index (χ2n) is 5.54. The molecule has 2 aromatic rings. The summed E-state index contributed by atoms with van der Waals surface area (Å²) in [4.78, 5) is 4.75. The highest BCUT2D eigenvalue weighted by Gasteiger charge is 2.41. The average Bonchev–Trinajstić information content (AvgIpc) is 3.11. The van der Waals surface area contributed by atoms with E-state index in [1.807, 2.05) is 0 Å². The number of alkyl halides is 1. The van der Waals surface area contributed by atoms with Crippen molar-refractivity contribution in [1.29, 1.82) is 0 Å². The van der Waals surface area contributed by atoms with Gasteiger partial charge in [0.25, 0.3) is 0 Å². The van der Waals surface area contributed by atoms with Crippen LogP contribution in [0.1, 0.15) is 32.0 Å². The fourth-order valence-corrected chi connectivity index (χ4v) is 3.25. The molecule has 1 saturated carbocycles. The summed E-state index contributed by atoms with van der Waals surface area (Å²) in [7, 11) is 0. The fraction of sp³-hybridized carbons (Fsp3) is 0.533. The van der Waals surface area contributed by atoms with Crippen molar-refractivity contribution < 1.29 is 0 Å². The van der Waals surface area contributed by atoms with Crippen molar-refractivity contribution in [3.05, 3.63) is 28.5 Å². The first-order valence-electron chi connectivity index (χ1n) is 6.88. The van der Waals surface area contributed by atoms with Gasteiger partial charge < -0.3 is 4.57 Å². The van der Waals surface area contributed by atoms with Gasteiger partial charge in [0.1, 0.15) is 5.82 Å². The number of fused-ring (bicyclic) bond motifs is 1. The van der Waals surface area contributed by atoms with Gasteiger partial charge >= 0.3 is 0 Å². The van der Waals surface area contributed by atoms with Gasteiger partial charge in [-0.25, -0.2) is 4.98 Å². The van der Waals surface area contributed by atoms with Crippen LogP contribution in [0.4, 0.5) is 0 Å². The van der Waals surface area contributed by atoms with Crippen molar-refractivity contribution in [3.8, 4) is 0 Å². The lowest BCUT2D eigenvalue weighted by Gasteiger charge is -2.16. The van der Waals surface area contributed by atoms with E-state index in [4.69, 9.17) is 16.6 Å². The molecule has 1 heterocycles. The van der Waals surface area contributed by atoms with E-state index in [1.165, 1.54) is 24.8 Å². The van der Waals surface area contributed by atoms with Gasteiger partial charge in [0.05, 0.1) is 11.0 Å². The molecule has 1 aromatic heterocycles. The minimum Gasteiger partial charge on any atom is -0.327 e. The molecule has 0 amide bonds. The summed E-state index contributed by atoms with van der Waals surface area (Å²) in [6.45, 7) is 3.38. The summed E-state index contributed by atoms with van der Waals surface area (Å²) in [5.74, 6) is 1.76. The number of aryl methyl sites for hydroxylation is 1. The maximum Gasteiger partial charge on any atom is 0.111 e. The van der Waals surface area contributed by atoms with Crippen LogP contribution in [0.5, 0.6) is 0 Å².